The summed E-state index contributed by atoms with van der Waals surface area (Å²) in [6, 6.07) is 6.83. The van der Waals surface area contributed by atoms with Crippen LogP contribution < -0.4 is 10.0 Å². The Hall–Kier alpha value is -1.11. The number of hydrogen-bond acceptors (Lipinski definition) is 4. The fourth-order valence-electron chi connectivity index (χ4n) is 1.78. The molecule has 1 aromatic rings. The van der Waals surface area contributed by atoms with Gasteiger partial charge in [0, 0.05) is 6.04 Å². The lowest BCUT2D eigenvalue weighted by Gasteiger charge is -2.39. The molecule has 0 saturated heterocycles. The third-order valence-corrected chi connectivity index (χ3v) is 5.63. The summed E-state index contributed by atoms with van der Waals surface area (Å²) in [6.07, 6.45) is 1.79. The van der Waals surface area contributed by atoms with Crippen LogP contribution in [0.15, 0.2) is 29.2 Å². The van der Waals surface area contributed by atoms with Crippen LogP contribution in [0.3, 0.4) is 0 Å². The molecule has 118 valence electrons. The van der Waals surface area contributed by atoms with Gasteiger partial charge in [0.1, 0.15) is 4.90 Å². The number of sulfonamides is 1. The van der Waals surface area contributed by atoms with Gasteiger partial charge in [0.05, 0.1) is 16.8 Å². The lowest BCUT2D eigenvalue weighted by atomic mass is 9.86. The highest BCUT2D eigenvalue weighted by Gasteiger charge is 2.36. The lowest BCUT2D eigenvalue weighted by molar-refractivity contribution is 0.0239. The molecular formula is C15H24N2O3S. The summed E-state index contributed by atoms with van der Waals surface area (Å²) in [4.78, 5) is 0.217. The summed E-state index contributed by atoms with van der Waals surface area (Å²) in [5.41, 5.74) is -1.19. The van der Waals surface area contributed by atoms with E-state index in [1.807, 2.05) is 13.8 Å². The highest BCUT2D eigenvalue weighted by Crippen LogP contribution is 2.31. The normalized spacial score (nSPS) is 16.8. The van der Waals surface area contributed by atoms with E-state index in [1.54, 1.807) is 38.1 Å². The lowest BCUT2D eigenvalue weighted by Crippen LogP contribution is -2.51. The number of nitrogens with one attached hydrogen (secondary N) is 2. The van der Waals surface area contributed by atoms with Gasteiger partial charge in [-0.2, -0.15) is 0 Å². The van der Waals surface area contributed by atoms with Crippen LogP contribution in [0.1, 0.15) is 40.5 Å². The molecule has 0 unspecified atom stereocenters. The fourth-order valence-corrected chi connectivity index (χ4v) is 3.25. The highest BCUT2D eigenvalue weighted by atomic mass is 32.2. The zero-order valence-electron chi connectivity index (χ0n) is 13.0. The Bertz CT molecular complexity index is 614. The highest BCUT2D eigenvalue weighted by molar-refractivity contribution is 7.89. The fraction of sp³-hybridized carbons (Fsp3) is 0.600. The van der Waals surface area contributed by atoms with E-state index in [1.165, 1.54) is 0 Å². The van der Waals surface area contributed by atoms with Crippen LogP contribution >= 0.6 is 0 Å². The molecule has 5 nitrogen and oxygen atoms in total. The molecule has 21 heavy (non-hydrogen) atoms. The third-order valence-electron chi connectivity index (χ3n) is 4.05. The van der Waals surface area contributed by atoms with Crippen molar-refractivity contribution in [3.8, 4) is 0 Å². The molecule has 0 bridgehead atoms. The molecule has 6 heteroatoms. The van der Waals surface area contributed by atoms with Crippen molar-refractivity contribution in [3.05, 3.63) is 24.3 Å². The molecule has 1 aliphatic carbocycles. The van der Waals surface area contributed by atoms with E-state index in [0.717, 1.165) is 12.8 Å². The Balaban J connectivity index is 2.33. The number of aliphatic hydroxyl groups is 1. The Morgan fingerprint density at radius 2 is 1.71 bits per heavy atom. The summed E-state index contributed by atoms with van der Waals surface area (Å²) in [7, 11) is -3.54. The van der Waals surface area contributed by atoms with Crippen molar-refractivity contribution in [1.29, 1.82) is 0 Å². The Morgan fingerprint density at radius 3 is 2.24 bits per heavy atom. The van der Waals surface area contributed by atoms with Gasteiger partial charge in [-0.3, -0.25) is 0 Å². The molecule has 3 N–H and O–H groups in total. The summed E-state index contributed by atoms with van der Waals surface area (Å²) < 4.78 is 27.5. The molecule has 1 aliphatic rings. The number of benzene rings is 1. The molecule has 0 aromatic heterocycles. The topological polar surface area (TPSA) is 78.4 Å². The van der Waals surface area contributed by atoms with Crippen LogP contribution in [0.4, 0.5) is 5.69 Å². The van der Waals surface area contributed by atoms with Crippen molar-refractivity contribution < 1.29 is 13.5 Å². The summed E-state index contributed by atoms with van der Waals surface area (Å²) >= 11 is 0. The van der Waals surface area contributed by atoms with Crippen LogP contribution in [0.25, 0.3) is 0 Å². The number of hydrogen-bond donors (Lipinski definition) is 3. The van der Waals surface area contributed by atoms with Gasteiger partial charge < -0.3 is 10.4 Å². The van der Waals surface area contributed by atoms with Crippen molar-refractivity contribution in [2.24, 2.45) is 0 Å². The van der Waals surface area contributed by atoms with Gasteiger partial charge in [-0.1, -0.05) is 12.1 Å². The third kappa shape index (κ3) is 3.75. The molecule has 0 spiro atoms. The number of para-hydroxylation sites is 1. The van der Waals surface area contributed by atoms with Crippen LogP contribution in [-0.2, 0) is 10.0 Å². The first kappa shape index (κ1) is 16.3. The van der Waals surface area contributed by atoms with E-state index in [0.29, 0.717) is 5.69 Å². The van der Waals surface area contributed by atoms with Crippen LogP contribution in [-0.4, -0.2) is 30.7 Å². The molecule has 2 rings (SSSR count). The van der Waals surface area contributed by atoms with Gasteiger partial charge in [0.15, 0.2) is 0 Å². The molecule has 0 heterocycles. The van der Waals surface area contributed by atoms with Crippen molar-refractivity contribution in [2.45, 2.75) is 62.6 Å². The molecule has 0 amide bonds. The van der Waals surface area contributed by atoms with Gasteiger partial charge in [-0.05, 0) is 52.7 Å². The number of rotatable bonds is 6. The number of anilines is 1. The summed E-state index contributed by atoms with van der Waals surface area (Å²) in [5.74, 6) is 0. The van der Waals surface area contributed by atoms with Gasteiger partial charge in [0.2, 0.25) is 10.0 Å². The zero-order chi connectivity index (χ0) is 15.9. The molecule has 0 atom stereocenters. The monoisotopic (exact) mass is 312 g/mol. The van der Waals surface area contributed by atoms with E-state index in [-0.39, 0.29) is 10.9 Å². The van der Waals surface area contributed by atoms with Crippen molar-refractivity contribution >= 4 is 15.7 Å². The molecule has 1 aromatic carbocycles. The summed E-state index contributed by atoms with van der Waals surface area (Å²) in [6.45, 7) is 7.06. The smallest absolute Gasteiger partial charge is 0.242 e. The standard InChI is InChI=1S/C15H24N2O3S/c1-14(2,15(3,4)18)16-12-7-5-6-8-13(12)21(19,20)17-11-9-10-11/h5-8,11,16-18H,9-10H2,1-4H3. The zero-order valence-corrected chi connectivity index (χ0v) is 13.8. The SMILES string of the molecule is CC(C)(O)C(C)(C)Nc1ccccc1S(=O)(=O)NC1CC1. The molecule has 0 radical (unpaired) electrons. The average molecular weight is 312 g/mol. The largest absolute Gasteiger partial charge is 0.388 e. The predicted molar refractivity (Wildman–Crippen MR) is 83.8 cm³/mol. The molecule has 1 fully saturated rings. The van der Waals surface area contributed by atoms with Crippen molar-refractivity contribution in [3.63, 3.8) is 0 Å². The van der Waals surface area contributed by atoms with E-state index in [4.69, 9.17) is 0 Å². The summed E-state index contributed by atoms with van der Waals surface area (Å²) in [5, 5.41) is 13.4. The van der Waals surface area contributed by atoms with E-state index in [9.17, 15) is 13.5 Å². The maximum absolute atomic E-state index is 12.4. The second kappa shape index (κ2) is 5.26. The second-order valence-corrected chi connectivity index (χ2v) is 8.38. The minimum absolute atomic E-state index is 0.0605. The Kier molecular flexibility index (Phi) is 4.08. The van der Waals surface area contributed by atoms with Crippen LogP contribution in [0, 0.1) is 0 Å². The molecule has 1 saturated carbocycles. The second-order valence-electron chi connectivity index (χ2n) is 6.70. The van der Waals surface area contributed by atoms with E-state index >= 15 is 0 Å². The van der Waals surface area contributed by atoms with Gasteiger partial charge in [-0.15, -0.1) is 0 Å². The van der Waals surface area contributed by atoms with Gasteiger partial charge in [0.25, 0.3) is 0 Å². The van der Waals surface area contributed by atoms with Gasteiger partial charge in [-0.25, -0.2) is 13.1 Å². The minimum atomic E-state index is -3.54. The maximum atomic E-state index is 12.4. The first-order valence-electron chi connectivity index (χ1n) is 7.15. The van der Waals surface area contributed by atoms with Crippen LogP contribution in [0.2, 0.25) is 0 Å². The Morgan fingerprint density at radius 1 is 1.14 bits per heavy atom. The van der Waals surface area contributed by atoms with Gasteiger partial charge >= 0.3 is 0 Å². The maximum Gasteiger partial charge on any atom is 0.242 e. The van der Waals surface area contributed by atoms with Crippen molar-refractivity contribution in [2.75, 3.05) is 5.32 Å². The predicted octanol–water partition coefficient (Wildman–Crippen LogP) is 2.09. The van der Waals surface area contributed by atoms with E-state index in [2.05, 4.69) is 10.0 Å². The quantitative estimate of drug-likeness (QED) is 0.751. The van der Waals surface area contributed by atoms with Crippen molar-refractivity contribution in [1.82, 2.24) is 4.72 Å². The molecular weight excluding hydrogens is 288 g/mol. The minimum Gasteiger partial charge on any atom is -0.388 e. The first-order valence-corrected chi connectivity index (χ1v) is 8.63. The van der Waals surface area contributed by atoms with E-state index < -0.39 is 21.2 Å². The van der Waals surface area contributed by atoms with Crippen LogP contribution in [0.5, 0.6) is 0 Å². The average Bonchev–Trinajstić information content (AvgIpc) is 3.10. The Labute approximate surface area is 126 Å². The molecule has 0 aliphatic heterocycles. The first-order chi connectivity index (χ1) is 9.53.